The maximum Gasteiger partial charge on any atom is 0.0775 e. The highest BCUT2D eigenvalue weighted by atomic mass is 15.3. The first-order valence-corrected chi connectivity index (χ1v) is 8.97. The molecule has 0 atom stereocenters. The van der Waals surface area contributed by atoms with Crippen molar-refractivity contribution in [2.75, 3.05) is 0 Å². The number of aryl methyl sites for hydroxylation is 1. The van der Waals surface area contributed by atoms with Crippen LogP contribution < -0.4 is 0 Å². The zero-order valence-corrected chi connectivity index (χ0v) is 14.5. The topological polar surface area (TPSA) is 17.8 Å². The van der Waals surface area contributed by atoms with Crippen molar-refractivity contribution in [1.82, 2.24) is 9.78 Å². The van der Waals surface area contributed by atoms with Crippen LogP contribution in [-0.4, -0.2) is 9.78 Å². The van der Waals surface area contributed by atoms with E-state index in [1.165, 1.54) is 48.2 Å². The molecule has 1 aliphatic rings. The Balaban J connectivity index is 2.20. The Hall–Kier alpha value is -2.35. The van der Waals surface area contributed by atoms with E-state index in [-0.39, 0.29) is 0 Å². The van der Waals surface area contributed by atoms with Crippen molar-refractivity contribution in [3.05, 3.63) is 72.5 Å². The monoisotopic (exact) mass is 318 g/mol. The van der Waals surface area contributed by atoms with E-state index in [4.69, 9.17) is 5.10 Å². The molecular formula is C22H26N2. The number of nitrogens with zero attached hydrogens (tertiary/aromatic N) is 2. The van der Waals surface area contributed by atoms with E-state index < -0.39 is 0 Å². The Morgan fingerprint density at radius 2 is 1.83 bits per heavy atom. The molecule has 1 aromatic carbocycles. The number of benzene rings is 1. The Morgan fingerprint density at radius 1 is 1.08 bits per heavy atom. The molecular weight excluding hydrogens is 292 g/mol. The molecule has 0 aliphatic heterocycles. The molecule has 2 heteroatoms. The number of hydrogen-bond acceptors (Lipinski definition) is 1. The highest BCUT2D eigenvalue weighted by molar-refractivity contribution is 5.72. The predicted octanol–water partition coefficient (Wildman–Crippen LogP) is 5.81. The lowest BCUT2D eigenvalue weighted by Crippen LogP contribution is -2.00. The van der Waals surface area contributed by atoms with Gasteiger partial charge in [0.05, 0.1) is 17.1 Å². The van der Waals surface area contributed by atoms with Crippen LogP contribution in [0.1, 0.15) is 43.9 Å². The van der Waals surface area contributed by atoms with E-state index >= 15 is 0 Å². The Labute approximate surface area is 145 Å². The molecule has 1 aromatic heterocycles. The van der Waals surface area contributed by atoms with Gasteiger partial charge in [-0.3, -0.25) is 0 Å². The standard InChI is InChI=1S/C22H26N2/c1-3-5-15-19(4-2)24-22(18-13-9-8-10-14-18)20-16-11-6-7-12-17-21(20)23-24/h3-5,8-10,13-15H,2,6-7,11-12,16-17H2,1H3/b5-3-,19-15+. The van der Waals surface area contributed by atoms with Crippen molar-refractivity contribution in [2.24, 2.45) is 0 Å². The van der Waals surface area contributed by atoms with Crippen LogP contribution in [-0.2, 0) is 12.8 Å². The van der Waals surface area contributed by atoms with Crippen LogP contribution in [0.2, 0.25) is 0 Å². The molecule has 24 heavy (non-hydrogen) atoms. The lowest BCUT2D eigenvalue weighted by Gasteiger charge is -2.12. The summed E-state index contributed by atoms with van der Waals surface area (Å²) in [5.41, 5.74) is 6.19. The minimum absolute atomic E-state index is 1.03. The van der Waals surface area contributed by atoms with E-state index in [1.54, 1.807) is 0 Å². The van der Waals surface area contributed by atoms with Crippen molar-refractivity contribution in [2.45, 2.75) is 45.4 Å². The summed E-state index contributed by atoms with van der Waals surface area (Å²) in [5.74, 6) is 0. The molecule has 1 aliphatic carbocycles. The summed E-state index contributed by atoms with van der Waals surface area (Å²) in [6.45, 7) is 6.03. The van der Waals surface area contributed by atoms with Crippen LogP contribution in [0.25, 0.3) is 17.0 Å². The fraction of sp³-hybridized carbons (Fsp3) is 0.318. The van der Waals surface area contributed by atoms with E-state index in [0.29, 0.717) is 0 Å². The van der Waals surface area contributed by atoms with Gasteiger partial charge in [-0.2, -0.15) is 5.10 Å². The van der Waals surface area contributed by atoms with Gasteiger partial charge in [-0.05, 0) is 44.8 Å². The van der Waals surface area contributed by atoms with Crippen LogP contribution in [0.4, 0.5) is 0 Å². The molecule has 2 nitrogen and oxygen atoms in total. The van der Waals surface area contributed by atoms with Crippen molar-refractivity contribution >= 4 is 5.70 Å². The predicted molar refractivity (Wildman–Crippen MR) is 103 cm³/mol. The summed E-state index contributed by atoms with van der Waals surface area (Å²) in [6.07, 6.45) is 15.4. The molecule has 0 N–H and O–H groups in total. The summed E-state index contributed by atoms with van der Waals surface area (Å²) >= 11 is 0. The first-order valence-electron chi connectivity index (χ1n) is 8.97. The zero-order chi connectivity index (χ0) is 16.8. The molecule has 0 radical (unpaired) electrons. The van der Waals surface area contributed by atoms with Gasteiger partial charge in [0.1, 0.15) is 0 Å². The fourth-order valence-corrected chi connectivity index (χ4v) is 3.41. The summed E-state index contributed by atoms with van der Waals surface area (Å²) in [4.78, 5) is 0. The van der Waals surface area contributed by atoms with E-state index in [1.807, 2.05) is 25.2 Å². The van der Waals surface area contributed by atoms with Gasteiger partial charge < -0.3 is 0 Å². The second-order valence-corrected chi connectivity index (χ2v) is 6.29. The summed E-state index contributed by atoms with van der Waals surface area (Å²) in [7, 11) is 0. The highest BCUT2D eigenvalue weighted by Gasteiger charge is 2.21. The van der Waals surface area contributed by atoms with Crippen molar-refractivity contribution < 1.29 is 0 Å². The lowest BCUT2D eigenvalue weighted by molar-refractivity contribution is 0.611. The third-order valence-electron chi connectivity index (χ3n) is 4.62. The van der Waals surface area contributed by atoms with Crippen LogP contribution in [0, 0.1) is 0 Å². The molecule has 0 saturated carbocycles. The van der Waals surface area contributed by atoms with Crippen LogP contribution >= 0.6 is 0 Å². The van der Waals surface area contributed by atoms with Crippen molar-refractivity contribution in [1.29, 1.82) is 0 Å². The minimum atomic E-state index is 1.03. The van der Waals surface area contributed by atoms with Crippen molar-refractivity contribution in [3.8, 4) is 11.3 Å². The van der Waals surface area contributed by atoms with E-state index in [0.717, 1.165) is 18.5 Å². The SMILES string of the molecule is C=C/C(=C\C=C/C)n1nc2c(c1-c1ccccc1)CCCCCC2. The molecule has 0 saturated heterocycles. The Morgan fingerprint density at radius 3 is 2.54 bits per heavy atom. The van der Waals surface area contributed by atoms with E-state index in [2.05, 4.69) is 47.7 Å². The summed E-state index contributed by atoms with van der Waals surface area (Å²) in [6, 6.07) is 10.6. The van der Waals surface area contributed by atoms with Gasteiger partial charge in [-0.15, -0.1) is 0 Å². The Kier molecular flexibility index (Phi) is 5.47. The molecule has 0 fully saturated rings. The van der Waals surface area contributed by atoms with E-state index in [9.17, 15) is 0 Å². The second kappa shape index (κ2) is 7.96. The molecule has 0 amide bonds. The number of fused-ring (bicyclic) bond motifs is 1. The minimum Gasteiger partial charge on any atom is -0.233 e. The Bertz CT molecular complexity index is 748. The first-order chi connectivity index (χ1) is 11.8. The maximum absolute atomic E-state index is 5.00. The molecule has 0 bridgehead atoms. The lowest BCUT2D eigenvalue weighted by atomic mass is 9.95. The molecule has 0 spiro atoms. The quantitative estimate of drug-likeness (QED) is 0.650. The zero-order valence-electron chi connectivity index (χ0n) is 14.5. The molecule has 124 valence electrons. The van der Waals surface area contributed by atoms with Gasteiger partial charge >= 0.3 is 0 Å². The third-order valence-corrected chi connectivity index (χ3v) is 4.62. The maximum atomic E-state index is 5.00. The molecule has 1 heterocycles. The molecule has 3 rings (SSSR count). The normalized spacial score (nSPS) is 15.8. The smallest absolute Gasteiger partial charge is 0.0775 e. The van der Waals surface area contributed by atoms with Crippen molar-refractivity contribution in [3.63, 3.8) is 0 Å². The third kappa shape index (κ3) is 3.43. The number of allylic oxidation sites excluding steroid dienone is 5. The number of hydrogen-bond donors (Lipinski definition) is 0. The van der Waals surface area contributed by atoms with Gasteiger partial charge in [0, 0.05) is 11.1 Å². The van der Waals surface area contributed by atoms with Gasteiger partial charge in [0.25, 0.3) is 0 Å². The molecule has 2 aromatic rings. The van der Waals surface area contributed by atoms with Crippen LogP contribution in [0.15, 0.2) is 61.2 Å². The largest absolute Gasteiger partial charge is 0.233 e. The van der Waals surface area contributed by atoms with Gasteiger partial charge in [-0.1, -0.05) is 61.9 Å². The second-order valence-electron chi connectivity index (χ2n) is 6.29. The number of rotatable bonds is 4. The highest BCUT2D eigenvalue weighted by Crippen LogP contribution is 2.32. The average molecular weight is 318 g/mol. The van der Waals surface area contributed by atoms with Crippen LogP contribution in [0.5, 0.6) is 0 Å². The van der Waals surface area contributed by atoms with Crippen LogP contribution in [0.3, 0.4) is 0 Å². The molecule has 0 unspecified atom stereocenters. The fourth-order valence-electron chi connectivity index (χ4n) is 3.41. The van der Waals surface area contributed by atoms with Gasteiger partial charge in [-0.25, -0.2) is 4.68 Å². The van der Waals surface area contributed by atoms with Gasteiger partial charge in [0.15, 0.2) is 0 Å². The average Bonchev–Trinajstić information content (AvgIpc) is 2.94. The summed E-state index contributed by atoms with van der Waals surface area (Å²) in [5, 5.41) is 5.00. The summed E-state index contributed by atoms with van der Waals surface area (Å²) < 4.78 is 2.10. The number of aromatic nitrogens is 2. The first kappa shape index (κ1) is 16.5. The van der Waals surface area contributed by atoms with Gasteiger partial charge in [0.2, 0.25) is 0 Å².